The lowest BCUT2D eigenvalue weighted by Crippen LogP contribution is -2.25. The molecular weight excluding hydrogens is 234 g/mol. The number of hydrogen-bond acceptors (Lipinski definition) is 2. The Balaban J connectivity index is 2.08. The van der Waals surface area contributed by atoms with E-state index in [9.17, 15) is 0 Å². The highest BCUT2D eigenvalue weighted by atomic mass is 79.9. The Morgan fingerprint density at radius 2 is 2.42 bits per heavy atom. The second kappa shape index (κ2) is 3.90. The molecule has 12 heavy (non-hydrogen) atoms. The Labute approximate surface area is 85.3 Å². The molecule has 0 spiro atoms. The van der Waals surface area contributed by atoms with Crippen molar-refractivity contribution in [1.29, 1.82) is 0 Å². The van der Waals surface area contributed by atoms with E-state index in [-0.39, 0.29) is 0 Å². The van der Waals surface area contributed by atoms with Gasteiger partial charge < -0.3 is 5.32 Å². The zero-order chi connectivity index (χ0) is 8.39. The Hall–Kier alpha value is 0.140. The van der Waals surface area contributed by atoms with Crippen LogP contribution in [0.15, 0.2) is 15.9 Å². The number of piperidine rings is 1. The normalized spacial score (nSPS) is 24.2. The van der Waals surface area contributed by atoms with Gasteiger partial charge in [0.1, 0.15) is 0 Å². The first-order chi connectivity index (χ1) is 5.86. The van der Waals surface area contributed by atoms with Crippen molar-refractivity contribution in [3.8, 4) is 0 Å². The number of nitrogens with one attached hydrogen (secondary N) is 1. The topological polar surface area (TPSA) is 12.0 Å². The smallest absolute Gasteiger partial charge is 0.0415 e. The fourth-order valence-corrected chi connectivity index (χ4v) is 3.16. The lowest BCUT2D eigenvalue weighted by atomic mass is 10.0. The first-order valence-corrected chi connectivity index (χ1v) is 6.01. The van der Waals surface area contributed by atoms with Crippen molar-refractivity contribution in [3.63, 3.8) is 0 Å². The van der Waals surface area contributed by atoms with Crippen LogP contribution in [0.5, 0.6) is 0 Å². The van der Waals surface area contributed by atoms with Crippen LogP contribution in [0.2, 0.25) is 0 Å². The Bertz CT molecular complexity index is 253. The fourth-order valence-electron chi connectivity index (χ4n) is 1.61. The average Bonchev–Trinajstić information content (AvgIpc) is 2.54. The van der Waals surface area contributed by atoms with Gasteiger partial charge in [0.2, 0.25) is 0 Å². The number of hydrogen-bond donors (Lipinski definition) is 1. The van der Waals surface area contributed by atoms with Gasteiger partial charge in [-0.15, -0.1) is 11.3 Å². The summed E-state index contributed by atoms with van der Waals surface area (Å²) in [6, 6.07) is 2.85. The molecule has 1 atom stereocenters. The minimum atomic E-state index is 0.620. The molecule has 1 aliphatic rings. The highest BCUT2D eigenvalue weighted by Crippen LogP contribution is 2.30. The summed E-state index contributed by atoms with van der Waals surface area (Å²) in [5.74, 6) is 0. The van der Waals surface area contributed by atoms with Crippen LogP contribution in [0.1, 0.15) is 30.2 Å². The van der Waals surface area contributed by atoms with Crippen molar-refractivity contribution in [2.24, 2.45) is 0 Å². The average molecular weight is 246 g/mol. The zero-order valence-corrected chi connectivity index (χ0v) is 9.25. The lowest BCUT2D eigenvalue weighted by molar-refractivity contribution is 0.417. The summed E-state index contributed by atoms with van der Waals surface area (Å²) in [5, 5.41) is 5.70. The molecule has 1 N–H and O–H groups in total. The van der Waals surface area contributed by atoms with Gasteiger partial charge in [-0.2, -0.15) is 0 Å². The molecule has 0 saturated carbocycles. The monoisotopic (exact) mass is 245 g/mol. The molecule has 1 fully saturated rings. The predicted molar refractivity (Wildman–Crippen MR) is 56.6 cm³/mol. The maximum atomic E-state index is 3.54. The summed E-state index contributed by atoms with van der Waals surface area (Å²) in [6.07, 6.45) is 4.00. The number of thiophene rings is 1. The molecule has 2 heterocycles. The standard InChI is InChI=1S/C9H12BrNS/c10-7-5-9(12-6-7)8-3-1-2-4-11-8/h5-6,8,11H,1-4H2/t8-/m0/s1. The maximum absolute atomic E-state index is 3.54. The van der Waals surface area contributed by atoms with Gasteiger partial charge in [-0.1, -0.05) is 6.42 Å². The van der Waals surface area contributed by atoms with Gasteiger partial charge in [0, 0.05) is 20.8 Å². The van der Waals surface area contributed by atoms with Crippen LogP contribution < -0.4 is 5.32 Å². The summed E-state index contributed by atoms with van der Waals surface area (Å²) in [4.78, 5) is 1.47. The van der Waals surface area contributed by atoms with Crippen molar-refractivity contribution in [2.45, 2.75) is 25.3 Å². The van der Waals surface area contributed by atoms with E-state index in [0.717, 1.165) is 0 Å². The van der Waals surface area contributed by atoms with Gasteiger partial charge in [-0.3, -0.25) is 0 Å². The van der Waals surface area contributed by atoms with Crippen molar-refractivity contribution in [2.75, 3.05) is 6.54 Å². The van der Waals surface area contributed by atoms with Gasteiger partial charge in [0.05, 0.1) is 0 Å². The molecule has 0 radical (unpaired) electrons. The molecule has 2 rings (SSSR count). The van der Waals surface area contributed by atoms with Gasteiger partial charge in [0.15, 0.2) is 0 Å². The van der Waals surface area contributed by atoms with Crippen molar-refractivity contribution >= 4 is 27.3 Å². The number of rotatable bonds is 1. The summed E-state index contributed by atoms with van der Waals surface area (Å²) in [7, 11) is 0. The summed E-state index contributed by atoms with van der Waals surface area (Å²) < 4.78 is 1.22. The molecule has 0 bridgehead atoms. The third-order valence-electron chi connectivity index (χ3n) is 2.24. The summed E-state index contributed by atoms with van der Waals surface area (Å²) >= 11 is 5.33. The van der Waals surface area contributed by atoms with Crippen LogP contribution in [0.3, 0.4) is 0 Å². The molecule has 1 saturated heterocycles. The van der Waals surface area contributed by atoms with Crippen LogP contribution in [0, 0.1) is 0 Å². The van der Waals surface area contributed by atoms with Crippen LogP contribution in [-0.4, -0.2) is 6.54 Å². The van der Waals surface area contributed by atoms with E-state index in [2.05, 4.69) is 32.7 Å². The molecule has 0 aromatic carbocycles. The quantitative estimate of drug-likeness (QED) is 0.801. The first kappa shape index (κ1) is 8.73. The molecule has 1 aliphatic heterocycles. The van der Waals surface area contributed by atoms with Crippen molar-refractivity contribution in [3.05, 3.63) is 20.8 Å². The molecule has 1 aromatic rings. The SMILES string of the molecule is Brc1csc([C@@H]2CCCCN2)c1. The van der Waals surface area contributed by atoms with Gasteiger partial charge in [-0.25, -0.2) is 0 Å². The highest BCUT2D eigenvalue weighted by Gasteiger charge is 2.15. The molecule has 0 amide bonds. The second-order valence-electron chi connectivity index (χ2n) is 3.17. The predicted octanol–water partition coefficient (Wildman–Crippen LogP) is 3.33. The molecule has 66 valence electrons. The van der Waals surface area contributed by atoms with E-state index in [0.29, 0.717) is 6.04 Å². The summed E-state index contributed by atoms with van der Waals surface area (Å²) in [6.45, 7) is 1.18. The Kier molecular flexibility index (Phi) is 2.84. The van der Waals surface area contributed by atoms with E-state index in [1.54, 1.807) is 0 Å². The van der Waals surface area contributed by atoms with Crippen LogP contribution in [0.25, 0.3) is 0 Å². The van der Waals surface area contributed by atoms with E-state index >= 15 is 0 Å². The van der Waals surface area contributed by atoms with Gasteiger partial charge >= 0.3 is 0 Å². The molecule has 0 unspecified atom stereocenters. The van der Waals surface area contributed by atoms with Crippen LogP contribution in [-0.2, 0) is 0 Å². The van der Waals surface area contributed by atoms with Crippen LogP contribution >= 0.6 is 27.3 Å². The minimum absolute atomic E-state index is 0.620. The fraction of sp³-hybridized carbons (Fsp3) is 0.556. The Morgan fingerprint density at radius 1 is 1.50 bits per heavy atom. The minimum Gasteiger partial charge on any atom is -0.309 e. The summed E-state index contributed by atoms with van der Waals surface area (Å²) in [5.41, 5.74) is 0. The van der Waals surface area contributed by atoms with Gasteiger partial charge in [-0.05, 0) is 41.4 Å². The molecule has 0 aliphatic carbocycles. The van der Waals surface area contributed by atoms with Crippen molar-refractivity contribution in [1.82, 2.24) is 5.32 Å². The van der Waals surface area contributed by atoms with E-state index < -0.39 is 0 Å². The van der Waals surface area contributed by atoms with Crippen molar-refractivity contribution < 1.29 is 0 Å². The highest BCUT2D eigenvalue weighted by molar-refractivity contribution is 9.10. The maximum Gasteiger partial charge on any atom is 0.0415 e. The second-order valence-corrected chi connectivity index (χ2v) is 5.03. The van der Waals surface area contributed by atoms with Crippen LogP contribution in [0.4, 0.5) is 0 Å². The number of halogens is 1. The molecule has 3 heteroatoms. The van der Waals surface area contributed by atoms with E-state index in [4.69, 9.17) is 0 Å². The third kappa shape index (κ3) is 1.90. The largest absolute Gasteiger partial charge is 0.309 e. The van der Waals surface area contributed by atoms with E-state index in [1.807, 2.05) is 11.3 Å². The molecular formula is C9H12BrNS. The first-order valence-electron chi connectivity index (χ1n) is 4.33. The van der Waals surface area contributed by atoms with E-state index in [1.165, 1.54) is 35.2 Å². The lowest BCUT2D eigenvalue weighted by Gasteiger charge is -2.21. The van der Waals surface area contributed by atoms with Gasteiger partial charge in [0.25, 0.3) is 0 Å². The third-order valence-corrected chi connectivity index (χ3v) is 4.05. The molecule has 1 nitrogen and oxygen atoms in total. The Morgan fingerprint density at radius 3 is 3.00 bits per heavy atom. The molecule has 1 aromatic heterocycles. The zero-order valence-electron chi connectivity index (χ0n) is 6.85.